The van der Waals surface area contributed by atoms with Crippen LogP contribution in [0.25, 0.3) is 0 Å². The van der Waals surface area contributed by atoms with Crippen LogP contribution in [0.3, 0.4) is 0 Å². The van der Waals surface area contributed by atoms with Gasteiger partial charge in [0.2, 0.25) is 0 Å². The molecular formula is C11H13N3S. The summed E-state index contributed by atoms with van der Waals surface area (Å²) in [6, 6.07) is 9.86. The normalized spacial score (nSPS) is 10.4. The molecule has 0 aliphatic heterocycles. The highest BCUT2D eigenvalue weighted by molar-refractivity contribution is 7.99. The number of aromatic nitrogens is 2. The summed E-state index contributed by atoms with van der Waals surface area (Å²) in [5.41, 5.74) is 6.69. The fraction of sp³-hybridized carbons (Fsp3) is 0.182. The molecule has 1 aromatic carbocycles. The number of aryl methyl sites for hydroxylation is 1. The Morgan fingerprint density at radius 2 is 2.13 bits per heavy atom. The molecule has 0 aliphatic rings. The van der Waals surface area contributed by atoms with Crippen LogP contribution >= 0.6 is 11.8 Å². The van der Waals surface area contributed by atoms with E-state index >= 15 is 0 Å². The predicted molar refractivity (Wildman–Crippen MR) is 63.8 cm³/mol. The molecule has 0 fully saturated rings. The lowest BCUT2D eigenvalue weighted by molar-refractivity contribution is 0.666. The lowest BCUT2D eigenvalue weighted by atomic mass is 10.3. The van der Waals surface area contributed by atoms with Gasteiger partial charge in [0, 0.05) is 28.7 Å². The van der Waals surface area contributed by atoms with E-state index in [0.29, 0.717) is 0 Å². The summed E-state index contributed by atoms with van der Waals surface area (Å²) in [5.74, 6) is 0.982. The standard InChI is InChI=1S/C11H13N3S/c12-10-4-1-2-5-11(10)15-9-8-14-7-3-6-13-14/h1-7H,8-9,12H2. The summed E-state index contributed by atoms with van der Waals surface area (Å²) in [7, 11) is 0. The first-order chi connectivity index (χ1) is 7.36. The molecule has 2 rings (SSSR count). The van der Waals surface area contributed by atoms with Gasteiger partial charge in [-0.25, -0.2) is 0 Å². The molecule has 0 saturated heterocycles. The number of anilines is 1. The summed E-state index contributed by atoms with van der Waals surface area (Å²) in [5, 5.41) is 4.14. The molecule has 0 aliphatic carbocycles. The first kappa shape index (κ1) is 10.1. The van der Waals surface area contributed by atoms with Crippen LogP contribution in [-0.2, 0) is 6.54 Å². The highest BCUT2D eigenvalue weighted by Gasteiger charge is 1.98. The summed E-state index contributed by atoms with van der Waals surface area (Å²) in [6.07, 6.45) is 3.76. The largest absolute Gasteiger partial charge is 0.398 e. The molecule has 3 nitrogen and oxygen atoms in total. The molecule has 0 spiro atoms. The third-order valence-corrected chi connectivity index (χ3v) is 3.13. The quantitative estimate of drug-likeness (QED) is 0.633. The van der Waals surface area contributed by atoms with E-state index in [-0.39, 0.29) is 0 Å². The van der Waals surface area contributed by atoms with Crippen molar-refractivity contribution in [3.8, 4) is 0 Å². The zero-order chi connectivity index (χ0) is 10.5. The zero-order valence-corrected chi connectivity index (χ0v) is 9.15. The molecule has 4 heteroatoms. The highest BCUT2D eigenvalue weighted by Crippen LogP contribution is 2.24. The van der Waals surface area contributed by atoms with Gasteiger partial charge in [-0.2, -0.15) is 5.10 Å². The summed E-state index contributed by atoms with van der Waals surface area (Å²) in [4.78, 5) is 1.14. The number of rotatable bonds is 4. The van der Waals surface area contributed by atoms with E-state index in [2.05, 4.69) is 5.10 Å². The van der Waals surface area contributed by atoms with Crippen LogP contribution in [0, 0.1) is 0 Å². The summed E-state index contributed by atoms with van der Waals surface area (Å²) < 4.78 is 1.92. The molecule has 1 aromatic heterocycles. The van der Waals surface area contributed by atoms with Crippen LogP contribution in [0.5, 0.6) is 0 Å². The van der Waals surface area contributed by atoms with Crippen molar-refractivity contribution >= 4 is 17.4 Å². The van der Waals surface area contributed by atoms with E-state index in [0.717, 1.165) is 22.9 Å². The van der Waals surface area contributed by atoms with Crippen LogP contribution < -0.4 is 5.73 Å². The maximum absolute atomic E-state index is 5.84. The van der Waals surface area contributed by atoms with E-state index in [1.54, 1.807) is 18.0 Å². The van der Waals surface area contributed by atoms with E-state index in [9.17, 15) is 0 Å². The van der Waals surface area contributed by atoms with Crippen LogP contribution in [0.4, 0.5) is 5.69 Å². The Hall–Kier alpha value is -1.42. The van der Waals surface area contributed by atoms with Gasteiger partial charge in [-0.15, -0.1) is 11.8 Å². The molecule has 2 aromatic rings. The summed E-state index contributed by atoms with van der Waals surface area (Å²) >= 11 is 1.76. The summed E-state index contributed by atoms with van der Waals surface area (Å²) in [6.45, 7) is 0.909. The molecule has 0 radical (unpaired) electrons. The lowest BCUT2D eigenvalue weighted by Crippen LogP contribution is -2.00. The molecule has 78 valence electrons. The number of hydrogen-bond donors (Lipinski definition) is 1. The zero-order valence-electron chi connectivity index (χ0n) is 8.34. The number of nitrogens with two attached hydrogens (primary N) is 1. The second-order valence-electron chi connectivity index (χ2n) is 3.16. The Kier molecular flexibility index (Phi) is 3.29. The number of hydrogen-bond acceptors (Lipinski definition) is 3. The van der Waals surface area contributed by atoms with Crippen LogP contribution in [-0.4, -0.2) is 15.5 Å². The van der Waals surface area contributed by atoms with Crippen molar-refractivity contribution in [2.45, 2.75) is 11.4 Å². The van der Waals surface area contributed by atoms with E-state index in [1.165, 1.54) is 0 Å². The van der Waals surface area contributed by atoms with E-state index < -0.39 is 0 Å². The molecule has 0 bridgehead atoms. The average Bonchev–Trinajstić information content (AvgIpc) is 2.74. The molecule has 2 N–H and O–H groups in total. The van der Waals surface area contributed by atoms with Gasteiger partial charge in [0.05, 0.1) is 6.54 Å². The third-order valence-electron chi connectivity index (χ3n) is 2.06. The van der Waals surface area contributed by atoms with Gasteiger partial charge in [-0.1, -0.05) is 12.1 Å². The number of thioether (sulfide) groups is 1. The van der Waals surface area contributed by atoms with Crippen LogP contribution in [0.15, 0.2) is 47.6 Å². The van der Waals surface area contributed by atoms with Crippen LogP contribution in [0.2, 0.25) is 0 Å². The Labute approximate surface area is 93.3 Å². The highest BCUT2D eigenvalue weighted by atomic mass is 32.2. The second kappa shape index (κ2) is 4.89. The molecule has 15 heavy (non-hydrogen) atoms. The monoisotopic (exact) mass is 219 g/mol. The van der Waals surface area contributed by atoms with Gasteiger partial charge in [-0.05, 0) is 18.2 Å². The van der Waals surface area contributed by atoms with Crippen molar-refractivity contribution < 1.29 is 0 Å². The van der Waals surface area contributed by atoms with Crippen molar-refractivity contribution in [1.82, 2.24) is 9.78 Å². The van der Waals surface area contributed by atoms with Crippen LogP contribution in [0.1, 0.15) is 0 Å². The van der Waals surface area contributed by atoms with Crippen molar-refractivity contribution in [3.63, 3.8) is 0 Å². The number of para-hydroxylation sites is 1. The topological polar surface area (TPSA) is 43.8 Å². The maximum atomic E-state index is 5.84. The Morgan fingerprint density at radius 1 is 1.27 bits per heavy atom. The first-order valence-corrected chi connectivity index (χ1v) is 5.79. The molecule has 0 unspecified atom stereocenters. The third kappa shape index (κ3) is 2.76. The molecule has 1 heterocycles. The molecule has 0 atom stereocenters. The van der Waals surface area contributed by atoms with E-state index in [4.69, 9.17) is 5.73 Å². The second-order valence-corrected chi connectivity index (χ2v) is 4.29. The molecule has 0 amide bonds. The fourth-order valence-corrected chi connectivity index (χ4v) is 2.20. The fourth-order valence-electron chi connectivity index (χ4n) is 1.29. The minimum Gasteiger partial charge on any atom is -0.398 e. The SMILES string of the molecule is Nc1ccccc1SCCn1cccn1. The van der Waals surface area contributed by atoms with Crippen molar-refractivity contribution in [1.29, 1.82) is 0 Å². The minimum atomic E-state index is 0.850. The van der Waals surface area contributed by atoms with Crippen molar-refractivity contribution in [3.05, 3.63) is 42.7 Å². The van der Waals surface area contributed by atoms with Gasteiger partial charge >= 0.3 is 0 Å². The Morgan fingerprint density at radius 3 is 2.87 bits per heavy atom. The number of benzene rings is 1. The van der Waals surface area contributed by atoms with Gasteiger partial charge in [0.25, 0.3) is 0 Å². The van der Waals surface area contributed by atoms with Crippen molar-refractivity contribution in [2.75, 3.05) is 11.5 Å². The van der Waals surface area contributed by atoms with Gasteiger partial charge < -0.3 is 5.73 Å². The predicted octanol–water partition coefficient (Wildman–Crippen LogP) is 2.26. The number of nitrogen functional groups attached to an aromatic ring is 1. The van der Waals surface area contributed by atoms with E-state index in [1.807, 2.05) is 41.2 Å². The van der Waals surface area contributed by atoms with Gasteiger partial charge in [0.1, 0.15) is 0 Å². The van der Waals surface area contributed by atoms with Crippen molar-refractivity contribution in [2.24, 2.45) is 0 Å². The Balaban J connectivity index is 1.86. The first-order valence-electron chi connectivity index (χ1n) is 4.81. The lowest BCUT2D eigenvalue weighted by Gasteiger charge is -2.04. The average molecular weight is 219 g/mol. The minimum absolute atomic E-state index is 0.850. The molecule has 0 saturated carbocycles. The smallest absolute Gasteiger partial charge is 0.0503 e. The number of nitrogens with zero attached hydrogens (tertiary/aromatic N) is 2. The Bertz CT molecular complexity index is 412. The van der Waals surface area contributed by atoms with Gasteiger partial charge in [0.15, 0.2) is 0 Å². The maximum Gasteiger partial charge on any atom is 0.0503 e. The molecular weight excluding hydrogens is 206 g/mol. The van der Waals surface area contributed by atoms with Gasteiger partial charge in [-0.3, -0.25) is 4.68 Å².